The average Bonchev–Trinajstić information content (AvgIpc) is 2.38. The van der Waals surface area contributed by atoms with Crippen LogP contribution >= 0.6 is 11.6 Å². The molecular weight excluding hydrogens is 174 g/mol. The van der Waals surface area contributed by atoms with Crippen molar-refractivity contribution < 1.29 is 4.42 Å². The molecule has 0 amide bonds. The zero-order chi connectivity index (χ0) is 8.93. The molecule has 3 heteroatoms. The zero-order valence-corrected chi connectivity index (χ0v) is 7.93. The van der Waals surface area contributed by atoms with Gasteiger partial charge in [0, 0.05) is 12.0 Å². The molecule has 1 fully saturated rings. The van der Waals surface area contributed by atoms with Gasteiger partial charge in [0.1, 0.15) is 5.76 Å². The van der Waals surface area contributed by atoms with Gasteiger partial charge in [-0.1, -0.05) is 13.8 Å². The summed E-state index contributed by atoms with van der Waals surface area (Å²) in [6, 6.07) is 3.87. The topological polar surface area (TPSA) is 39.2 Å². The summed E-state index contributed by atoms with van der Waals surface area (Å²) in [4.78, 5) is 0. The minimum Gasteiger partial charge on any atom is -0.449 e. The van der Waals surface area contributed by atoms with Crippen molar-refractivity contribution in [2.24, 2.45) is 11.1 Å². The van der Waals surface area contributed by atoms with E-state index in [1.165, 1.54) is 0 Å². The third-order valence-electron chi connectivity index (χ3n) is 2.81. The SMILES string of the molecule is CC1(C)[C@@H](N)[C@@H]1c1ccc(Cl)o1. The molecule has 0 radical (unpaired) electrons. The van der Waals surface area contributed by atoms with E-state index in [1.807, 2.05) is 6.07 Å². The van der Waals surface area contributed by atoms with Gasteiger partial charge in [0.25, 0.3) is 0 Å². The molecule has 2 nitrogen and oxygen atoms in total. The first-order valence-electron chi connectivity index (χ1n) is 4.04. The van der Waals surface area contributed by atoms with Gasteiger partial charge in [-0.25, -0.2) is 0 Å². The van der Waals surface area contributed by atoms with Gasteiger partial charge in [0.2, 0.25) is 0 Å². The lowest BCUT2D eigenvalue weighted by molar-refractivity contribution is 0.483. The van der Waals surface area contributed by atoms with Crippen LogP contribution in [0.25, 0.3) is 0 Å². The Labute approximate surface area is 76.7 Å². The van der Waals surface area contributed by atoms with Crippen molar-refractivity contribution in [3.8, 4) is 0 Å². The second-order valence-electron chi connectivity index (χ2n) is 3.97. The first kappa shape index (κ1) is 8.14. The van der Waals surface area contributed by atoms with Crippen LogP contribution in [0.15, 0.2) is 16.5 Å². The Balaban J connectivity index is 2.24. The van der Waals surface area contributed by atoms with Crippen LogP contribution in [0.3, 0.4) is 0 Å². The number of halogens is 1. The largest absolute Gasteiger partial charge is 0.449 e. The van der Waals surface area contributed by atoms with Crippen LogP contribution in [0.4, 0.5) is 0 Å². The van der Waals surface area contributed by atoms with Crippen LogP contribution in [0.5, 0.6) is 0 Å². The van der Waals surface area contributed by atoms with Crippen molar-refractivity contribution in [2.75, 3.05) is 0 Å². The van der Waals surface area contributed by atoms with Gasteiger partial charge >= 0.3 is 0 Å². The van der Waals surface area contributed by atoms with Gasteiger partial charge in [-0.3, -0.25) is 0 Å². The monoisotopic (exact) mass is 185 g/mol. The molecule has 66 valence electrons. The molecule has 2 atom stereocenters. The van der Waals surface area contributed by atoms with Gasteiger partial charge < -0.3 is 10.2 Å². The average molecular weight is 186 g/mol. The Morgan fingerprint density at radius 2 is 2.08 bits per heavy atom. The van der Waals surface area contributed by atoms with E-state index in [0.717, 1.165) is 5.76 Å². The van der Waals surface area contributed by atoms with E-state index < -0.39 is 0 Å². The molecule has 1 saturated carbocycles. The predicted octanol–water partition coefficient (Wildman–Crippen LogP) is 2.38. The van der Waals surface area contributed by atoms with Gasteiger partial charge in [-0.15, -0.1) is 0 Å². The fourth-order valence-corrected chi connectivity index (χ4v) is 1.87. The minimum absolute atomic E-state index is 0.168. The number of nitrogens with two attached hydrogens (primary N) is 1. The number of hydrogen-bond donors (Lipinski definition) is 1. The Bertz CT molecular complexity index is 305. The van der Waals surface area contributed by atoms with E-state index in [9.17, 15) is 0 Å². The maximum absolute atomic E-state index is 5.88. The van der Waals surface area contributed by atoms with E-state index in [1.54, 1.807) is 6.07 Å². The number of hydrogen-bond acceptors (Lipinski definition) is 2. The van der Waals surface area contributed by atoms with Crippen LogP contribution < -0.4 is 5.73 Å². The third kappa shape index (κ3) is 0.985. The standard InChI is InChI=1S/C9H12ClNO/c1-9(2)7(8(9)11)5-3-4-6(10)12-5/h3-4,7-8H,11H2,1-2H3/t7-,8-/m0/s1. The zero-order valence-electron chi connectivity index (χ0n) is 7.17. The molecule has 0 aromatic carbocycles. The fraction of sp³-hybridized carbons (Fsp3) is 0.556. The van der Waals surface area contributed by atoms with Crippen LogP contribution in [0, 0.1) is 5.41 Å². The Kier molecular flexibility index (Phi) is 1.54. The van der Waals surface area contributed by atoms with E-state index in [0.29, 0.717) is 11.1 Å². The highest BCUT2D eigenvalue weighted by Gasteiger charge is 2.57. The predicted molar refractivity (Wildman–Crippen MR) is 48.2 cm³/mol. The maximum Gasteiger partial charge on any atom is 0.193 e. The highest BCUT2D eigenvalue weighted by molar-refractivity contribution is 6.28. The summed E-state index contributed by atoms with van der Waals surface area (Å²) in [7, 11) is 0. The fourth-order valence-electron chi connectivity index (χ4n) is 1.72. The normalized spacial score (nSPS) is 32.0. The molecule has 2 rings (SSSR count). The minimum atomic E-state index is 0.168. The van der Waals surface area contributed by atoms with Crippen LogP contribution in [0.1, 0.15) is 25.5 Å². The van der Waals surface area contributed by atoms with Crippen molar-refractivity contribution in [1.29, 1.82) is 0 Å². The molecule has 1 aromatic rings. The lowest BCUT2D eigenvalue weighted by Gasteiger charge is -1.97. The van der Waals surface area contributed by atoms with Crippen molar-refractivity contribution in [3.63, 3.8) is 0 Å². The molecule has 0 spiro atoms. The molecule has 2 N–H and O–H groups in total. The first-order chi connectivity index (χ1) is 5.53. The molecule has 1 heterocycles. The first-order valence-corrected chi connectivity index (χ1v) is 4.42. The van der Waals surface area contributed by atoms with Crippen molar-refractivity contribution in [3.05, 3.63) is 23.1 Å². The molecule has 0 bridgehead atoms. The molecule has 1 aliphatic carbocycles. The van der Waals surface area contributed by atoms with Crippen LogP contribution in [0.2, 0.25) is 5.22 Å². The van der Waals surface area contributed by atoms with Crippen molar-refractivity contribution in [2.45, 2.75) is 25.8 Å². The molecule has 1 aliphatic rings. The van der Waals surface area contributed by atoms with Gasteiger partial charge in [-0.2, -0.15) is 0 Å². The lowest BCUT2D eigenvalue weighted by atomic mass is 10.1. The summed E-state index contributed by atoms with van der Waals surface area (Å²) in [6.45, 7) is 4.28. The van der Waals surface area contributed by atoms with Crippen LogP contribution in [-0.4, -0.2) is 6.04 Å². The van der Waals surface area contributed by atoms with E-state index in [-0.39, 0.29) is 11.5 Å². The molecule has 0 unspecified atom stereocenters. The van der Waals surface area contributed by atoms with E-state index in [2.05, 4.69) is 13.8 Å². The highest BCUT2D eigenvalue weighted by atomic mass is 35.5. The molecule has 12 heavy (non-hydrogen) atoms. The van der Waals surface area contributed by atoms with Crippen LogP contribution in [-0.2, 0) is 0 Å². The van der Waals surface area contributed by atoms with Crippen molar-refractivity contribution in [1.82, 2.24) is 0 Å². The van der Waals surface area contributed by atoms with E-state index >= 15 is 0 Å². The smallest absolute Gasteiger partial charge is 0.193 e. The second-order valence-corrected chi connectivity index (χ2v) is 4.34. The van der Waals surface area contributed by atoms with Gasteiger partial charge in [-0.05, 0) is 29.1 Å². The summed E-state index contributed by atoms with van der Waals surface area (Å²) < 4.78 is 5.30. The van der Waals surface area contributed by atoms with Gasteiger partial charge in [0.05, 0.1) is 0 Å². The summed E-state index contributed by atoms with van der Waals surface area (Å²) in [5.74, 6) is 1.25. The quantitative estimate of drug-likeness (QED) is 0.730. The third-order valence-corrected chi connectivity index (χ3v) is 3.01. The highest BCUT2D eigenvalue weighted by Crippen LogP contribution is 2.57. The Morgan fingerprint density at radius 1 is 1.50 bits per heavy atom. The second kappa shape index (κ2) is 2.27. The molecular formula is C9H12ClNO. The van der Waals surface area contributed by atoms with E-state index in [4.69, 9.17) is 21.8 Å². The molecule has 0 aliphatic heterocycles. The summed E-state index contributed by atoms with van der Waals surface area (Å²) in [6.07, 6.45) is 0. The summed E-state index contributed by atoms with van der Waals surface area (Å²) in [5.41, 5.74) is 6.05. The summed E-state index contributed by atoms with van der Waals surface area (Å²) in [5, 5.41) is 0.444. The summed E-state index contributed by atoms with van der Waals surface area (Å²) >= 11 is 5.67. The molecule has 1 aromatic heterocycles. The Hall–Kier alpha value is -0.470. The molecule has 0 saturated heterocycles. The van der Waals surface area contributed by atoms with Gasteiger partial charge in [0.15, 0.2) is 5.22 Å². The maximum atomic E-state index is 5.88. The van der Waals surface area contributed by atoms with Crippen molar-refractivity contribution >= 4 is 11.6 Å². The lowest BCUT2D eigenvalue weighted by Crippen LogP contribution is -2.06. The number of rotatable bonds is 1. The Morgan fingerprint density at radius 3 is 2.42 bits per heavy atom. The number of furan rings is 1.